The zero-order chi connectivity index (χ0) is 9.45. The van der Waals surface area contributed by atoms with Crippen molar-refractivity contribution >= 4 is 0 Å². The van der Waals surface area contributed by atoms with E-state index >= 15 is 0 Å². The largest absolute Gasteiger partial charge is 0.522 e. The van der Waals surface area contributed by atoms with Crippen LogP contribution in [0.25, 0.3) is 0 Å². The summed E-state index contributed by atoms with van der Waals surface area (Å²) in [5.41, 5.74) is 0. The van der Waals surface area contributed by atoms with Crippen molar-refractivity contribution in [2.24, 2.45) is 0 Å². The van der Waals surface area contributed by atoms with Crippen molar-refractivity contribution in [2.75, 3.05) is 6.61 Å². The molecule has 0 aliphatic carbocycles. The van der Waals surface area contributed by atoms with Gasteiger partial charge in [-0.05, 0) is 6.42 Å². The summed E-state index contributed by atoms with van der Waals surface area (Å²) >= 11 is 0. The summed E-state index contributed by atoms with van der Waals surface area (Å²) in [6.45, 7) is 1.86. The van der Waals surface area contributed by atoms with Gasteiger partial charge in [-0.3, -0.25) is 4.74 Å². The van der Waals surface area contributed by atoms with Crippen molar-refractivity contribution < 1.29 is 17.9 Å². The van der Waals surface area contributed by atoms with Gasteiger partial charge in [0.05, 0.1) is 6.61 Å². The molecule has 0 amide bonds. The SMILES string of the molecule is CCCCCCCOC(F)(F)F. The van der Waals surface area contributed by atoms with Gasteiger partial charge in [0.1, 0.15) is 0 Å². The fraction of sp³-hybridized carbons (Fsp3) is 1.00. The monoisotopic (exact) mass is 184 g/mol. The minimum absolute atomic E-state index is 0.201. The Labute approximate surface area is 70.9 Å². The smallest absolute Gasteiger partial charge is 0.292 e. The molecular formula is C8H15F3O. The highest BCUT2D eigenvalue weighted by atomic mass is 19.4. The van der Waals surface area contributed by atoms with Crippen LogP contribution in [0.4, 0.5) is 13.2 Å². The van der Waals surface area contributed by atoms with Crippen molar-refractivity contribution in [2.45, 2.75) is 45.4 Å². The zero-order valence-corrected chi connectivity index (χ0v) is 7.28. The van der Waals surface area contributed by atoms with Crippen LogP contribution >= 0.6 is 0 Å². The first-order valence-electron chi connectivity index (χ1n) is 4.27. The molecule has 0 aliphatic heterocycles. The number of hydrogen-bond donors (Lipinski definition) is 0. The predicted octanol–water partition coefficient (Wildman–Crippen LogP) is 3.49. The average molecular weight is 184 g/mol. The minimum Gasteiger partial charge on any atom is -0.292 e. The van der Waals surface area contributed by atoms with Gasteiger partial charge in [-0.15, -0.1) is 13.2 Å². The van der Waals surface area contributed by atoms with Crippen molar-refractivity contribution in [3.63, 3.8) is 0 Å². The second-order valence-electron chi connectivity index (χ2n) is 2.71. The molecule has 1 nitrogen and oxygen atoms in total. The van der Waals surface area contributed by atoms with Gasteiger partial charge in [0.2, 0.25) is 0 Å². The first-order chi connectivity index (χ1) is 5.56. The second-order valence-corrected chi connectivity index (χ2v) is 2.71. The molecule has 0 fully saturated rings. The Bertz CT molecular complexity index is 101. The molecule has 0 spiro atoms. The highest BCUT2D eigenvalue weighted by Gasteiger charge is 2.28. The van der Waals surface area contributed by atoms with E-state index in [1.54, 1.807) is 0 Å². The third-order valence-corrected chi connectivity index (χ3v) is 1.51. The maximum atomic E-state index is 11.4. The Balaban J connectivity index is 3.01. The summed E-state index contributed by atoms with van der Waals surface area (Å²) < 4.78 is 37.8. The van der Waals surface area contributed by atoms with Crippen LogP contribution in [0.1, 0.15) is 39.0 Å². The van der Waals surface area contributed by atoms with Gasteiger partial charge in [0.15, 0.2) is 0 Å². The number of ether oxygens (including phenoxy) is 1. The summed E-state index contributed by atoms with van der Waals surface area (Å²) in [5, 5.41) is 0. The number of halogens is 3. The minimum atomic E-state index is -4.45. The third-order valence-electron chi connectivity index (χ3n) is 1.51. The molecule has 0 bridgehead atoms. The Hall–Kier alpha value is -0.250. The Morgan fingerprint density at radius 1 is 1.00 bits per heavy atom. The van der Waals surface area contributed by atoms with Crippen LogP contribution in [0.3, 0.4) is 0 Å². The molecule has 0 rings (SSSR count). The molecule has 0 saturated heterocycles. The molecule has 0 aliphatic rings. The number of rotatable bonds is 6. The predicted molar refractivity (Wildman–Crippen MR) is 40.8 cm³/mol. The van der Waals surface area contributed by atoms with Crippen LogP contribution < -0.4 is 0 Å². The standard InChI is InChI=1S/C8H15F3O/c1-2-3-4-5-6-7-12-8(9,10)11/h2-7H2,1H3. The summed E-state index contributed by atoms with van der Waals surface area (Å²) in [6.07, 6.45) is 0.0536. The fourth-order valence-electron chi connectivity index (χ4n) is 0.894. The van der Waals surface area contributed by atoms with Crippen LogP contribution in [-0.2, 0) is 4.74 Å². The van der Waals surface area contributed by atoms with Crippen molar-refractivity contribution in [1.29, 1.82) is 0 Å². The van der Waals surface area contributed by atoms with E-state index in [1.165, 1.54) is 0 Å². The second kappa shape index (κ2) is 6.29. The molecule has 0 saturated carbocycles. The van der Waals surface area contributed by atoms with Crippen molar-refractivity contribution in [3.8, 4) is 0 Å². The number of hydrogen-bond acceptors (Lipinski definition) is 1. The maximum absolute atomic E-state index is 11.4. The van der Waals surface area contributed by atoms with E-state index in [0.29, 0.717) is 6.42 Å². The highest BCUT2D eigenvalue weighted by Crippen LogP contribution is 2.16. The lowest BCUT2D eigenvalue weighted by atomic mass is 10.2. The van der Waals surface area contributed by atoms with Crippen LogP contribution in [0.2, 0.25) is 0 Å². The molecular weight excluding hydrogens is 169 g/mol. The van der Waals surface area contributed by atoms with Crippen molar-refractivity contribution in [1.82, 2.24) is 0 Å². The van der Waals surface area contributed by atoms with Crippen LogP contribution in [0.15, 0.2) is 0 Å². The Kier molecular flexibility index (Phi) is 6.16. The lowest BCUT2D eigenvalue weighted by Crippen LogP contribution is -2.13. The molecule has 12 heavy (non-hydrogen) atoms. The Morgan fingerprint density at radius 3 is 2.08 bits per heavy atom. The topological polar surface area (TPSA) is 9.23 Å². The maximum Gasteiger partial charge on any atom is 0.522 e. The van der Waals surface area contributed by atoms with Gasteiger partial charge in [0, 0.05) is 0 Å². The highest BCUT2D eigenvalue weighted by molar-refractivity contribution is 4.41. The summed E-state index contributed by atoms with van der Waals surface area (Å²) in [5.74, 6) is 0. The summed E-state index contributed by atoms with van der Waals surface area (Å²) in [7, 11) is 0. The molecule has 4 heteroatoms. The van der Waals surface area contributed by atoms with Crippen LogP contribution in [0.5, 0.6) is 0 Å². The lowest BCUT2D eigenvalue weighted by Gasteiger charge is -2.06. The van der Waals surface area contributed by atoms with Crippen LogP contribution in [-0.4, -0.2) is 13.0 Å². The molecule has 0 aromatic carbocycles. The van der Waals surface area contributed by atoms with Crippen LogP contribution in [0, 0.1) is 0 Å². The van der Waals surface area contributed by atoms with Crippen molar-refractivity contribution in [3.05, 3.63) is 0 Å². The fourth-order valence-corrected chi connectivity index (χ4v) is 0.894. The summed E-state index contributed by atoms with van der Waals surface area (Å²) in [4.78, 5) is 0. The number of unbranched alkanes of at least 4 members (excludes halogenated alkanes) is 4. The molecule has 74 valence electrons. The third kappa shape index (κ3) is 9.75. The Morgan fingerprint density at radius 2 is 1.58 bits per heavy atom. The van der Waals surface area contributed by atoms with E-state index in [4.69, 9.17) is 0 Å². The van der Waals surface area contributed by atoms with E-state index in [1.807, 2.05) is 0 Å². The summed E-state index contributed by atoms with van der Waals surface area (Å²) in [6, 6.07) is 0. The first kappa shape index (κ1) is 11.8. The van der Waals surface area contributed by atoms with Gasteiger partial charge in [-0.2, -0.15) is 0 Å². The van der Waals surface area contributed by atoms with E-state index < -0.39 is 6.36 Å². The quantitative estimate of drug-likeness (QED) is 0.574. The van der Waals surface area contributed by atoms with Gasteiger partial charge in [-0.25, -0.2) is 0 Å². The van der Waals surface area contributed by atoms with E-state index in [-0.39, 0.29) is 6.61 Å². The normalized spacial score (nSPS) is 12.0. The molecule has 0 aromatic rings. The van der Waals surface area contributed by atoms with Gasteiger partial charge >= 0.3 is 6.36 Å². The molecule has 0 atom stereocenters. The zero-order valence-electron chi connectivity index (χ0n) is 7.28. The molecule has 0 unspecified atom stereocenters. The van der Waals surface area contributed by atoms with Gasteiger partial charge in [0.25, 0.3) is 0 Å². The van der Waals surface area contributed by atoms with E-state index in [0.717, 1.165) is 25.7 Å². The molecule has 0 N–H and O–H groups in total. The van der Waals surface area contributed by atoms with E-state index in [9.17, 15) is 13.2 Å². The van der Waals surface area contributed by atoms with Gasteiger partial charge in [-0.1, -0.05) is 32.6 Å². The lowest BCUT2D eigenvalue weighted by molar-refractivity contribution is -0.324. The molecule has 0 radical (unpaired) electrons. The molecule has 0 heterocycles. The first-order valence-corrected chi connectivity index (χ1v) is 4.27. The average Bonchev–Trinajstić information content (AvgIpc) is 1.94. The van der Waals surface area contributed by atoms with E-state index in [2.05, 4.69) is 11.7 Å². The van der Waals surface area contributed by atoms with Gasteiger partial charge < -0.3 is 0 Å². The molecule has 0 aromatic heterocycles. The number of alkyl halides is 3.